The number of ketones is 1. The second kappa shape index (κ2) is 7.82. The molecule has 0 saturated heterocycles. The molecule has 0 amide bonds. The molecule has 1 aromatic heterocycles. The zero-order chi connectivity index (χ0) is 19.5. The van der Waals surface area contributed by atoms with E-state index in [0.29, 0.717) is 17.1 Å². The van der Waals surface area contributed by atoms with Crippen LogP contribution in [0.3, 0.4) is 0 Å². The summed E-state index contributed by atoms with van der Waals surface area (Å²) in [6, 6.07) is 16.6. The zero-order valence-corrected chi connectivity index (χ0v) is 16.1. The van der Waals surface area contributed by atoms with Crippen molar-refractivity contribution in [3.63, 3.8) is 0 Å². The summed E-state index contributed by atoms with van der Waals surface area (Å²) in [6.07, 6.45) is 2.91. The van der Waals surface area contributed by atoms with Crippen LogP contribution in [0.2, 0.25) is 0 Å². The molecule has 0 bridgehead atoms. The summed E-state index contributed by atoms with van der Waals surface area (Å²) in [4.78, 5) is 25.6. The molecule has 1 aliphatic heterocycles. The Bertz CT molecular complexity index is 1050. The van der Waals surface area contributed by atoms with Gasteiger partial charge in [0.1, 0.15) is 11.5 Å². The minimum absolute atomic E-state index is 0.175. The van der Waals surface area contributed by atoms with Gasteiger partial charge in [0, 0.05) is 10.9 Å². The Balaban J connectivity index is 1.49. The fraction of sp³-hybridized carbons (Fsp3) is 0.130. The monoisotopic (exact) mass is 390 g/mol. The van der Waals surface area contributed by atoms with Gasteiger partial charge in [-0.3, -0.25) is 9.59 Å². The van der Waals surface area contributed by atoms with E-state index >= 15 is 0 Å². The van der Waals surface area contributed by atoms with Crippen molar-refractivity contribution >= 4 is 29.2 Å². The number of esters is 1. The van der Waals surface area contributed by atoms with Gasteiger partial charge >= 0.3 is 5.97 Å². The van der Waals surface area contributed by atoms with Gasteiger partial charge in [0.25, 0.3) is 0 Å². The zero-order valence-electron chi connectivity index (χ0n) is 15.3. The van der Waals surface area contributed by atoms with Crippen LogP contribution in [0, 0.1) is 0 Å². The van der Waals surface area contributed by atoms with Gasteiger partial charge in [0.2, 0.25) is 5.78 Å². The van der Waals surface area contributed by atoms with Crippen LogP contribution in [0.25, 0.3) is 6.08 Å². The van der Waals surface area contributed by atoms with Crippen molar-refractivity contribution in [3.05, 3.63) is 87.3 Å². The number of Topliss-reactive ketones (excluding diaryl/α,β-unsaturated/α-hetero) is 1. The Morgan fingerprint density at radius 2 is 1.96 bits per heavy atom. The molecule has 0 fully saturated rings. The molecule has 0 N–H and O–H groups in total. The maximum absolute atomic E-state index is 12.6. The van der Waals surface area contributed by atoms with Crippen LogP contribution in [0.4, 0.5) is 0 Å². The van der Waals surface area contributed by atoms with Crippen LogP contribution >= 0.6 is 11.3 Å². The van der Waals surface area contributed by atoms with Crippen LogP contribution in [0.1, 0.15) is 33.3 Å². The second-order valence-corrected chi connectivity index (χ2v) is 7.46. The van der Waals surface area contributed by atoms with Gasteiger partial charge in [0.05, 0.1) is 12.0 Å². The van der Waals surface area contributed by atoms with Crippen molar-refractivity contribution in [1.82, 2.24) is 0 Å². The van der Waals surface area contributed by atoms with Crippen LogP contribution in [0.5, 0.6) is 11.5 Å². The van der Waals surface area contributed by atoms with Crippen molar-refractivity contribution in [2.45, 2.75) is 19.8 Å². The van der Waals surface area contributed by atoms with Crippen LogP contribution in [0.15, 0.2) is 65.7 Å². The highest BCUT2D eigenvalue weighted by Crippen LogP contribution is 2.35. The number of hydrogen-bond donors (Lipinski definition) is 0. The van der Waals surface area contributed by atoms with Gasteiger partial charge in [0.15, 0.2) is 5.76 Å². The molecule has 0 aliphatic carbocycles. The third kappa shape index (κ3) is 3.89. The van der Waals surface area contributed by atoms with Crippen molar-refractivity contribution in [3.8, 4) is 11.5 Å². The Morgan fingerprint density at radius 1 is 1.14 bits per heavy atom. The van der Waals surface area contributed by atoms with Gasteiger partial charge < -0.3 is 9.47 Å². The lowest BCUT2D eigenvalue weighted by molar-refractivity contribution is -0.133. The standard InChI is InChI=1S/C23H18O4S/c1-2-15-5-7-16(8-6-15)12-21-23(25)19-10-9-17(13-20(19)27-21)26-22(24)14-18-4-3-11-28-18/h3-13H,2,14H2,1H3/b21-12-. The maximum atomic E-state index is 12.6. The normalized spacial score (nSPS) is 14.0. The first kappa shape index (κ1) is 18.2. The number of hydrogen-bond acceptors (Lipinski definition) is 5. The smallest absolute Gasteiger partial charge is 0.316 e. The number of thiophene rings is 1. The lowest BCUT2D eigenvalue weighted by atomic mass is 10.1. The van der Waals surface area contributed by atoms with Crippen molar-refractivity contribution in [2.24, 2.45) is 0 Å². The number of carbonyl (C=O) groups excluding carboxylic acids is 2. The molecule has 0 atom stereocenters. The van der Waals surface area contributed by atoms with Gasteiger partial charge in [-0.1, -0.05) is 37.3 Å². The van der Waals surface area contributed by atoms with Gasteiger partial charge in [-0.2, -0.15) is 0 Å². The second-order valence-electron chi connectivity index (χ2n) is 6.42. The largest absolute Gasteiger partial charge is 0.452 e. The molecule has 4 nitrogen and oxygen atoms in total. The number of benzene rings is 2. The lowest BCUT2D eigenvalue weighted by Crippen LogP contribution is -2.10. The maximum Gasteiger partial charge on any atom is 0.316 e. The number of aryl methyl sites for hydroxylation is 1. The molecule has 5 heteroatoms. The summed E-state index contributed by atoms with van der Waals surface area (Å²) >= 11 is 1.51. The van der Waals surface area contributed by atoms with E-state index in [-0.39, 0.29) is 23.9 Å². The van der Waals surface area contributed by atoms with Crippen molar-refractivity contribution in [2.75, 3.05) is 0 Å². The fourth-order valence-electron chi connectivity index (χ4n) is 2.95. The third-order valence-electron chi connectivity index (χ3n) is 4.46. The Kier molecular flexibility index (Phi) is 5.08. The summed E-state index contributed by atoms with van der Waals surface area (Å²) in [5, 5.41) is 1.92. The summed E-state index contributed by atoms with van der Waals surface area (Å²) in [5.74, 6) is 0.510. The molecular weight excluding hydrogens is 372 g/mol. The molecule has 2 heterocycles. The topological polar surface area (TPSA) is 52.6 Å². The van der Waals surface area contributed by atoms with Crippen molar-refractivity contribution in [1.29, 1.82) is 0 Å². The predicted molar refractivity (Wildman–Crippen MR) is 109 cm³/mol. The number of carbonyl (C=O) groups is 2. The quantitative estimate of drug-likeness (QED) is 0.347. The Hall–Kier alpha value is -3.18. The van der Waals surface area contributed by atoms with E-state index in [4.69, 9.17) is 9.47 Å². The molecule has 0 spiro atoms. The van der Waals surface area contributed by atoms with Crippen molar-refractivity contribution < 1.29 is 19.1 Å². The average Bonchev–Trinajstić information content (AvgIpc) is 3.30. The van der Waals surface area contributed by atoms with E-state index in [9.17, 15) is 9.59 Å². The van der Waals surface area contributed by atoms with E-state index in [1.165, 1.54) is 16.9 Å². The van der Waals surface area contributed by atoms with Gasteiger partial charge in [-0.05, 0) is 47.2 Å². The highest BCUT2D eigenvalue weighted by molar-refractivity contribution is 7.10. The Labute approximate surface area is 167 Å². The minimum atomic E-state index is -0.349. The molecule has 1 aliphatic rings. The molecule has 140 valence electrons. The summed E-state index contributed by atoms with van der Waals surface area (Å²) in [6.45, 7) is 2.10. The van der Waals surface area contributed by atoms with E-state index in [1.54, 1.807) is 24.3 Å². The van der Waals surface area contributed by atoms with E-state index in [0.717, 1.165) is 16.9 Å². The predicted octanol–water partition coefficient (Wildman–Crippen LogP) is 5.07. The van der Waals surface area contributed by atoms with Crippen LogP contribution < -0.4 is 9.47 Å². The molecular formula is C23H18O4S. The first-order valence-electron chi connectivity index (χ1n) is 9.02. The summed E-state index contributed by atoms with van der Waals surface area (Å²) in [7, 11) is 0. The lowest BCUT2D eigenvalue weighted by Gasteiger charge is -2.05. The van der Waals surface area contributed by atoms with E-state index in [2.05, 4.69) is 6.92 Å². The molecule has 28 heavy (non-hydrogen) atoms. The molecule has 0 radical (unpaired) electrons. The summed E-state index contributed by atoms with van der Waals surface area (Å²) in [5.41, 5.74) is 2.60. The third-order valence-corrected chi connectivity index (χ3v) is 5.33. The highest BCUT2D eigenvalue weighted by Gasteiger charge is 2.28. The van der Waals surface area contributed by atoms with Crippen LogP contribution in [-0.4, -0.2) is 11.8 Å². The number of rotatable bonds is 5. The van der Waals surface area contributed by atoms with Gasteiger partial charge in [-0.25, -0.2) is 0 Å². The first-order chi connectivity index (χ1) is 13.6. The molecule has 0 unspecified atom stereocenters. The average molecular weight is 390 g/mol. The first-order valence-corrected chi connectivity index (χ1v) is 9.90. The van der Waals surface area contributed by atoms with E-state index in [1.807, 2.05) is 41.8 Å². The van der Waals surface area contributed by atoms with Gasteiger partial charge in [-0.15, -0.1) is 11.3 Å². The molecule has 3 aromatic rings. The van der Waals surface area contributed by atoms with E-state index < -0.39 is 0 Å². The SMILES string of the molecule is CCc1ccc(/C=C2\Oc3cc(OC(=O)Cc4cccs4)ccc3C2=O)cc1. The molecule has 0 saturated carbocycles. The number of allylic oxidation sites excluding steroid dienone is 1. The number of ether oxygens (including phenoxy) is 2. The van der Waals surface area contributed by atoms with Crippen LogP contribution in [-0.2, 0) is 17.6 Å². The Morgan fingerprint density at radius 3 is 2.68 bits per heavy atom. The fourth-order valence-corrected chi connectivity index (χ4v) is 3.64. The summed E-state index contributed by atoms with van der Waals surface area (Å²) < 4.78 is 11.1. The molecule has 2 aromatic carbocycles. The highest BCUT2D eigenvalue weighted by atomic mass is 32.1. The molecule has 4 rings (SSSR count). The minimum Gasteiger partial charge on any atom is -0.452 e. The number of fused-ring (bicyclic) bond motifs is 1.